The summed E-state index contributed by atoms with van der Waals surface area (Å²) in [6.45, 7) is 46.6. The second-order valence-electron chi connectivity index (χ2n) is 45.1. The van der Waals surface area contributed by atoms with Gasteiger partial charge in [0.25, 0.3) is 0 Å². The van der Waals surface area contributed by atoms with Gasteiger partial charge in [-0.25, -0.2) is 0 Å². The van der Waals surface area contributed by atoms with E-state index in [9.17, 15) is 87.6 Å². The van der Waals surface area contributed by atoms with E-state index >= 15 is 0 Å². The van der Waals surface area contributed by atoms with Crippen LogP contribution in [0.1, 0.15) is 337 Å². The Labute approximate surface area is 815 Å². The Balaban J connectivity index is 0.000000246. The lowest BCUT2D eigenvalue weighted by Crippen LogP contribution is -2.55. The van der Waals surface area contributed by atoms with Crippen molar-refractivity contribution in [2.24, 2.45) is 86.8 Å². The molecule has 12 N–H and O–H groups in total. The van der Waals surface area contributed by atoms with E-state index in [0.29, 0.717) is 122 Å². The van der Waals surface area contributed by atoms with Gasteiger partial charge in [-0.3, -0.25) is 0 Å². The standard InChI is InChI=1S/C30H50O4.C30H46O3.C27H34F6O3.C26H42O4.CH2O.CH4/c1-20-23(18-24(31)19-27(20)32)13-12-22-10-9-17-30(5)25(14-15-26(22)30)21(2)28(34-6)11-7-8-16-29(3,4)33;1-6-30(33,7-2)18-9-8-11-21(3)26-15-16-27-23(12-10-17-29(26,27)5)13-14-24-19-25(31)20-28(32)22(24)4;1-16(6-4-13-25(36,26(28,29)30)27(31,32)33)21-10-11-22-18(7-5-12-24(21,22)3)8-9-19-14-20(34)15-23(35)17(19)2;1-17-20(15-21(27)16-24(17)28)9-8-19-7-6-12-26(5)22(10-11-23(19)26)18(2)30-14-13-25(3,4)29;1-2;/h12-13,21,24-28,31-33H,1,7-11,14-19H2,2-6H3;8-9,11,13-14,18,21,25-28,31-33H,4,6-7,10,12,15-17,19-20H2,1-3,5H3;8-9,16,20-23,34-36H,2,5-7,10-12,14-15H2,1,3H3;8-9,18,21-24,27-29H,1,6-7,10-16H2,2-5H3;1H2;1H4/b22-12+,23-13-;11-8+,18-9+,23-13+,24-14-;18-8+,19-9-;19-8+,20-9-;;/t21-,24-,25-,26+,27+,28-,30-;21-,25-,26-,27+,28+,29-;16-,20-,21-,22+,23+,24-;18-,21+,22+,23-,24-,26+;;/m1110../s1/i;;;;1T;. The normalized spacial score (nSPS) is 36.0. The third kappa shape index (κ3) is 29.5. The molecular formula is C115H178F6O15. The summed E-state index contributed by atoms with van der Waals surface area (Å²) in [7, 11) is 1.87. The third-order valence-corrected chi connectivity index (χ3v) is 34.9. The highest BCUT2D eigenvalue weighted by molar-refractivity contribution is 5.43. The van der Waals surface area contributed by atoms with Crippen LogP contribution in [0.2, 0.25) is 0 Å². The zero-order valence-electron chi connectivity index (χ0n) is 85.5. The van der Waals surface area contributed by atoms with Crippen LogP contribution in [0.25, 0.3) is 0 Å². The van der Waals surface area contributed by atoms with Gasteiger partial charge < -0.3 is 75.5 Å². The predicted octanol–water partition coefficient (Wildman–Crippen LogP) is 23.7. The van der Waals surface area contributed by atoms with E-state index in [1.807, 2.05) is 78.9 Å². The van der Waals surface area contributed by atoms with Gasteiger partial charge in [0, 0.05) is 45.8 Å². The summed E-state index contributed by atoms with van der Waals surface area (Å²) in [5.41, 5.74) is 6.19. The Morgan fingerprint density at radius 2 is 0.816 bits per heavy atom. The SMILES string of the molecule is C.C=C1/C(=C\C=C2/CCC[C@]3(C)[C@@H]([C@@H](C)[C@@H](CCCCC(C)(C)O)OC)CC[C@@H]23)C[C@@H](O)C[C@@H]1O.C=C1/C(=C\C=C2/CCC[C@]3(C)[C@@H]([C@H](C)/C=C/C=C/C(O)(CC)CC)CC[C@@H]23)C[C@@H](O)C[C@@H]1O.C=C1/C(=C\C=C2/CCC[C@]3(C)[C@@H]([C@H](C)CC#CC(O)(C(F)(F)F)C(F)(F)F)CC[C@@H]23)C[C@@H](O)C[C@@H]1O.C=C1/C(=C\C=C2/CCC[C@]3(C)[C@@H]([C@H](C)OCCC(C)(C)O)CC[C@@H]23)C[C@@H](O)C[C@@H]1O.[3H]C=O. The quantitative estimate of drug-likeness (QED) is 0.0175. The van der Waals surface area contributed by atoms with Crippen LogP contribution in [0.5, 0.6) is 0 Å². The van der Waals surface area contributed by atoms with Crippen molar-refractivity contribution in [3.63, 3.8) is 0 Å². The fraction of sp³-hybridized carbons (Fsp3) is 0.730. The van der Waals surface area contributed by atoms with Gasteiger partial charge in [-0.15, -0.1) is 0 Å². The molecule has 0 aliphatic heterocycles. The van der Waals surface area contributed by atoms with Gasteiger partial charge in [-0.05, 0) is 358 Å². The van der Waals surface area contributed by atoms with Gasteiger partial charge in [0.2, 0.25) is 0 Å². The highest BCUT2D eigenvalue weighted by atomic mass is 19.4. The second-order valence-corrected chi connectivity index (χ2v) is 45.1. The van der Waals surface area contributed by atoms with E-state index in [0.717, 1.165) is 135 Å². The molecule has 21 heteroatoms. The number of fused-ring (bicyclic) bond motifs is 4. The van der Waals surface area contributed by atoms with Crippen LogP contribution in [0.3, 0.4) is 0 Å². The molecule has 12 rings (SSSR count). The second kappa shape index (κ2) is 50.2. The topological polar surface area (TPSA) is 278 Å². The number of unbranched alkanes of at least 4 members (excludes halogenated alkanes) is 1. The Hall–Kier alpha value is -5.39. The molecule has 0 radical (unpaired) electrons. The van der Waals surface area contributed by atoms with E-state index in [2.05, 4.69) is 123 Å². The molecule has 0 aromatic heterocycles. The molecule has 0 saturated heterocycles. The van der Waals surface area contributed by atoms with Crippen molar-refractivity contribution >= 4 is 6.77 Å². The summed E-state index contributed by atoms with van der Waals surface area (Å²) >= 11 is 0. The lowest BCUT2D eigenvalue weighted by molar-refractivity contribution is -0.343. The molecule has 0 spiro atoms. The van der Waals surface area contributed by atoms with Crippen molar-refractivity contribution < 1.29 is 103 Å². The predicted molar refractivity (Wildman–Crippen MR) is 535 cm³/mol. The summed E-state index contributed by atoms with van der Waals surface area (Å²) in [5, 5.41) is 120. The van der Waals surface area contributed by atoms with E-state index in [1.165, 1.54) is 99.3 Å². The number of aliphatic hydroxyl groups excluding tert-OH is 8. The first-order valence-corrected chi connectivity index (χ1v) is 51.2. The first-order valence-electron chi connectivity index (χ1n) is 51.8. The van der Waals surface area contributed by atoms with Crippen LogP contribution in [-0.4, -0.2) is 178 Å². The first kappa shape index (κ1) is 116. The maximum Gasteiger partial charge on any atom is 0.438 e. The molecule has 12 saturated carbocycles. The fourth-order valence-corrected chi connectivity index (χ4v) is 26.7. The number of carbonyl (C=O) groups excluding carboxylic acids is 1. The average Bonchev–Trinajstić information content (AvgIpc) is 1.66. The van der Waals surface area contributed by atoms with Crippen molar-refractivity contribution in [2.45, 2.75) is 431 Å². The van der Waals surface area contributed by atoms with Crippen LogP contribution >= 0.6 is 0 Å². The molecule has 770 valence electrons. The molecule has 25 atom stereocenters. The Morgan fingerprint density at radius 3 is 1.16 bits per heavy atom. The molecule has 12 aliphatic rings. The molecule has 0 amide bonds. The van der Waals surface area contributed by atoms with Gasteiger partial charge in [-0.1, -0.05) is 210 Å². The van der Waals surface area contributed by atoms with Gasteiger partial charge in [0.1, 0.15) is 8.14 Å². The zero-order valence-corrected chi connectivity index (χ0v) is 84.5. The number of methoxy groups -OCH3 is 1. The van der Waals surface area contributed by atoms with Crippen molar-refractivity contribution in [3.05, 3.63) is 166 Å². The Morgan fingerprint density at radius 1 is 0.485 bits per heavy atom. The van der Waals surface area contributed by atoms with Crippen LogP contribution in [0.15, 0.2) is 166 Å². The number of hydrogen-bond acceptors (Lipinski definition) is 15. The van der Waals surface area contributed by atoms with Crippen molar-refractivity contribution in [2.75, 3.05) is 13.7 Å². The van der Waals surface area contributed by atoms with Gasteiger partial charge in [0.05, 0.1) is 77.8 Å². The number of rotatable bonds is 25. The molecule has 0 aromatic carbocycles. The molecule has 0 unspecified atom stereocenters. The highest BCUT2D eigenvalue weighted by Gasteiger charge is 2.70. The van der Waals surface area contributed by atoms with Crippen LogP contribution < -0.4 is 0 Å². The summed E-state index contributed by atoms with van der Waals surface area (Å²) in [6, 6.07) is 0. The van der Waals surface area contributed by atoms with Crippen molar-refractivity contribution in [3.8, 4) is 11.8 Å². The minimum absolute atomic E-state index is 0. The van der Waals surface area contributed by atoms with E-state index < -0.39 is 83.6 Å². The Bertz CT molecular complexity index is 4360. The number of hydrogen-bond donors (Lipinski definition) is 12. The van der Waals surface area contributed by atoms with Crippen molar-refractivity contribution in [1.82, 2.24) is 0 Å². The molecule has 0 heterocycles. The van der Waals surface area contributed by atoms with E-state index in [-0.39, 0.29) is 67.8 Å². The summed E-state index contributed by atoms with van der Waals surface area (Å²) in [5.74, 6) is 7.76. The monoisotopic (exact) mass is 1920 g/mol. The molecule has 12 aliphatic carbocycles. The molecular weight excluding hydrogens is 1740 g/mol. The molecule has 15 nitrogen and oxygen atoms in total. The zero-order chi connectivity index (χ0) is 101. The maximum absolute atomic E-state index is 12.9. The average molecular weight is 1920 g/mol. The van der Waals surface area contributed by atoms with E-state index in [1.54, 1.807) is 6.92 Å². The molecule has 0 bridgehead atoms. The van der Waals surface area contributed by atoms with Crippen LogP contribution in [0, 0.1) is 98.6 Å². The minimum Gasteiger partial charge on any atom is -0.393 e. The number of alkyl halides is 6. The number of halogens is 6. The van der Waals surface area contributed by atoms with E-state index in [4.69, 9.17) is 15.6 Å². The maximum atomic E-state index is 12.9. The number of aliphatic hydroxyl groups is 12. The fourth-order valence-electron chi connectivity index (χ4n) is 26.7. The van der Waals surface area contributed by atoms with Gasteiger partial charge in [0.15, 0.2) is 0 Å². The van der Waals surface area contributed by atoms with Crippen LogP contribution in [0.4, 0.5) is 26.3 Å². The smallest absolute Gasteiger partial charge is 0.393 e. The highest BCUT2D eigenvalue weighted by Crippen LogP contribution is 2.64. The number of allylic oxidation sites excluding steroid dienone is 15. The van der Waals surface area contributed by atoms with Crippen molar-refractivity contribution in [1.29, 1.82) is 0 Å². The third-order valence-electron chi connectivity index (χ3n) is 34.9. The Kier molecular flexibility index (Phi) is 42.8. The summed E-state index contributed by atoms with van der Waals surface area (Å²) < 4.78 is 95.2. The number of carbonyl (C=O) groups is 1. The molecule has 12 fully saturated rings. The summed E-state index contributed by atoms with van der Waals surface area (Å²) in [4.78, 5) is 8.47. The molecule has 136 heavy (non-hydrogen) atoms. The lowest BCUT2D eigenvalue weighted by atomic mass is 9.60. The van der Waals surface area contributed by atoms with Gasteiger partial charge in [-0.2, -0.15) is 26.3 Å². The minimum atomic E-state index is -5.95. The summed E-state index contributed by atoms with van der Waals surface area (Å²) in [6.07, 6.45) is 41.6. The number of ether oxygens (including phenoxy) is 2. The first-order chi connectivity index (χ1) is 63.5. The molecule has 0 aromatic rings. The van der Waals surface area contributed by atoms with Gasteiger partial charge >= 0.3 is 18.0 Å². The largest absolute Gasteiger partial charge is 0.438 e. The van der Waals surface area contributed by atoms with Crippen LogP contribution in [-0.2, 0) is 14.3 Å². The lowest BCUT2D eigenvalue weighted by Gasteiger charge is -2.45.